The highest BCUT2D eigenvalue weighted by molar-refractivity contribution is 6.28. The van der Waals surface area contributed by atoms with Crippen LogP contribution in [0.3, 0.4) is 0 Å². The molecule has 0 spiro atoms. The fourth-order valence-corrected chi connectivity index (χ4v) is 5.06. The predicted molar refractivity (Wildman–Crippen MR) is 103 cm³/mol. The van der Waals surface area contributed by atoms with Crippen molar-refractivity contribution < 1.29 is 18.7 Å². The van der Waals surface area contributed by atoms with Gasteiger partial charge in [0.05, 0.1) is 12.1 Å². The number of hydrogen-bond donors (Lipinski definition) is 0. The summed E-state index contributed by atoms with van der Waals surface area (Å²) in [5.74, 6) is 1.04. The maximum absolute atomic E-state index is 13.9. The molecule has 3 saturated heterocycles. The maximum Gasteiger partial charge on any atom is 0.293 e. The van der Waals surface area contributed by atoms with Crippen LogP contribution in [0.15, 0.2) is 6.07 Å². The first-order valence-corrected chi connectivity index (χ1v) is 10.2. The Labute approximate surface area is 169 Å². The number of piperidine rings is 1. The van der Waals surface area contributed by atoms with Crippen LogP contribution in [0.1, 0.15) is 39.0 Å². The number of carbonyl (C=O) groups is 1. The van der Waals surface area contributed by atoms with E-state index in [9.17, 15) is 9.18 Å². The fourth-order valence-electron chi connectivity index (χ4n) is 4.89. The molecule has 3 aliphatic rings. The van der Waals surface area contributed by atoms with E-state index < -0.39 is 11.8 Å². The summed E-state index contributed by atoms with van der Waals surface area (Å²) in [5, 5.41) is 0.103. The quantitative estimate of drug-likeness (QED) is 0.525. The molecule has 4 rings (SSSR count). The van der Waals surface area contributed by atoms with Gasteiger partial charge in [-0.05, 0) is 50.8 Å². The van der Waals surface area contributed by atoms with Crippen LogP contribution >= 0.6 is 11.6 Å². The lowest BCUT2D eigenvalue weighted by Crippen LogP contribution is -2.48. The van der Waals surface area contributed by atoms with E-state index in [1.165, 1.54) is 0 Å². The number of aromatic nitrogens is 2. The van der Waals surface area contributed by atoms with Crippen molar-refractivity contribution >= 4 is 23.9 Å². The Morgan fingerprint density at radius 1 is 1.36 bits per heavy atom. The fraction of sp³-hybridized carbons (Fsp3) is 0.737. The normalized spacial score (nSPS) is 33.0. The Bertz CT molecular complexity index is 741. The van der Waals surface area contributed by atoms with Crippen LogP contribution in [0, 0.1) is 0 Å². The molecular weight excluding hydrogens is 387 g/mol. The zero-order valence-electron chi connectivity index (χ0n) is 16.1. The van der Waals surface area contributed by atoms with Crippen LogP contribution in [-0.4, -0.2) is 71.4 Å². The maximum atomic E-state index is 13.9. The highest BCUT2D eigenvalue weighted by Gasteiger charge is 2.49. The highest BCUT2D eigenvalue weighted by Crippen LogP contribution is 2.40. The number of rotatable bonds is 6. The lowest BCUT2D eigenvalue weighted by molar-refractivity contribution is -0.142. The van der Waals surface area contributed by atoms with Crippen LogP contribution in [0.2, 0.25) is 5.28 Å². The van der Waals surface area contributed by atoms with Gasteiger partial charge in [0, 0.05) is 25.6 Å². The molecule has 0 saturated carbocycles. The molecule has 154 valence electrons. The first-order valence-electron chi connectivity index (χ1n) is 9.84. The third-order valence-corrected chi connectivity index (χ3v) is 6.40. The Balaban J connectivity index is 1.48. The third kappa shape index (κ3) is 3.89. The monoisotopic (exact) mass is 412 g/mol. The number of hydrogen-bond acceptors (Lipinski definition) is 7. The molecule has 1 aromatic rings. The van der Waals surface area contributed by atoms with E-state index in [0.717, 1.165) is 38.8 Å². The SMILES string of the molecule is C[C@@]1(OC=O)CCCN(c2cc(OC[C@@]34CCCN3C[C@H](F)C4)nc(Cl)n2)C1. The minimum atomic E-state index is -0.794. The molecular formula is C19H26ClFN4O3. The lowest BCUT2D eigenvalue weighted by atomic mass is 9.94. The van der Waals surface area contributed by atoms with E-state index >= 15 is 0 Å². The molecule has 0 radical (unpaired) electrons. The molecule has 3 atom stereocenters. The van der Waals surface area contributed by atoms with Gasteiger partial charge in [-0.1, -0.05) is 0 Å². The Morgan fingerprint density at radius 3 is 3.00 bits per heavy atom. The predicted octanol–water partition coefficient (Wildman–Crippen LogP) is 2.62. The minimum Gasteiger partial charge on any atom is -0.476 e. The summed E-state index contributed by atoms with van der Waals surface area (Å²) in [4.78, 5) is 23.6. The number of fused-ring (bicyclic) bond motifs is 1. The average molecular weight is 413 g/mol. The number of ether oxygens (including phenoxy) is 2. The number of carbonyl (C=O) groups excluding carboxylic acids is 1. The zero-order chi connectivity index (χ0) is 19.8. The molecule has 7 nitrogen and oxygen atoms in total. The third-order valence-electron chi connectivity index (χ3n) is 6.23. The Hall–Kier alpha value is -1.67. The second kappa shape index (κ2) is 7.63. The second-order valence-electron chi connectivity index (χ2n) is 8.39. The summed E-state index contributed by atoms with van der Waals surface area (Å²) < 4.78 is 25.2. The van der Waals surface area contributed by atoms with Gasteiger partial charge >= 0.3 is 0 Å². The zero-order valence-corrected chi connectivity index (χ0v) is 16.8. The van der Waals surface area contributed by atoms with Gasteiger partial charge in [-0.25, -0.2) is 9.37 Å². The molecule has 3 fully saturated rings. The van der Waals surface area contributed by atoms with E-state index in [0.29, 0.717) is 44.3 Å². The topological polar surface area (TPSA) is 67.8 Å². The highest BCUT2D eigenvalue weighted by atomic mass is 35.5. The van der Waals surface area contributed by atoms with Crippen LogP contribution in [-0.2, 0) is 9.53 Å². The van der Waals surface area contributed by atoms with Crippen molar-refractivity contribution in [1.29, 1.82) is 0 Å². The molecule has 9 heteroatoms. The van der Waals surface area contributed by atoms with E-state index in [4.69, 9.17) is 21.1 Å². The van der Waals surface area contributed by atoms with Gasteiger partial charge < -0.3 is 14.4 Å². The van der Waals surface area contributed by atoms with E-state index in [2.05, 4.69) is 14.9 Å². The molecule has 28 heavy (non-hydrogen) atoms. The minimum absolute atomic E-state index is 0.103. The van der Waals surface area contributed by atoms with Crippen molar-refractivity contribution in [2.45, 2.75) is 56.3 Å². The van der Waals surface area contributed by atoms with Crippen LogP contribution in [0.5, 0.6) is 5.88 Å². The second-order valence-corrected chi connectivity index (χ2v) is 8.72. The number of anilines is 1. The van der Waals surface area contributed by atoms with Crippen molar-refractivity contribution in [2.24, 2.45) is 0 Å². The summed E-state index contributed by atoms with van der Waals surface area (Å²) in [5.41, 5.74) is -0.791. The van der Waals surface area contributed by atoms with Crippen LogP contribution < -0.4 is 9.64 Å². The number of nitrogens with zero attached hydrogens (tertiary/aromatic N) is 4. The first kappa shape index (κ1) is 19.6. The van der Waals surface area contributed by atoms with E-state index in [1.54, 1.807) is 6.07 Å². The Morgan fingerprint density at radius 2 is 2.18 bits per heavy atom. The smallest absolute Gasteiger partial charge is 0.293 e. The Kier molecular flexibility index (Phi) is 5.35. The van der Waals surface area contributed by atoms with E-state index in [1.807, 2.05) is 11.8 Å². The largest absolute Gasteiger partial charge is 0.476 e. The standard InChI is InChI=1S/C19H26ClFN4O3/c1-18(28-13-26)4-2-6-24(11-18)15-8-16(23-17(20)22-15)27-12-19-5-3-7-25(19)10-14(21)9-19/h8,13-14H,2-7,9-12H2,1H3/t14-,18-,19+/m1/s1. The van der Waals surface area contributed by atoms with Gasteiger partial charge in [-0.2, -0.15) is 4.98 Å². The van der Waals surface area contributed by atoms with Crippen molar-refractivity contribution in [2.75, 3.05) is 37.7 Å². The van der Waals surface area contributed by atoms with Crippen molar-refractivity contribution in [1.82, 2.24) is 14.9 Å². The summed E-state index contributed by atoms with van der Waals surface area (Å²) in [6, 6.07) is 1.76. The van der Waals surface area contributed by atoms with Crippen molar-refractivity contribution in [3.63, 3.8) is 0 Å². The molecule has 0 aromatic carbocycles. The number of alkyl halides is 1. The van der Waals surface area contributed by atoms with Gasteiger partial charge in [0.25, 0.3) is 6.47 Å². The molecule has 0 bridgehead atoms. The van der Waals surface area contributed by atoms with Gasteiger partial charge in [-0.3, -0.25) is 9.69 Å². The van der Waals surface area contributed by atoms with Crippen LogP contribution in [0.25, 0.3) is 0 Å². The summed E-state index contributed by atoms with van der Waals surface area (Å²) in [6.45, 7) is 5.52. The molecule has 0 aliphatic carbocycles. The van der Waals surface area contributed by atoms with Gasteiger partial charge in [0.15, 0.2) is 0 Å². The van der Waals surface area contributed by atoms with Crippen molar-refractivity contribution in [3.8, 4) is 5.88 Å². The summed E-state index contributed by atoms with van der Waals surface area (Å²) >= 11 is 6.14. The first-order chi connectivity index (χ1) is 13.4. The molecule has 4 heterocycles. The molecule has 3 aliphatic heterocycles. The molecule has 0 unspecified atom stereocenters. The summed E-state index contributed by atoms with van der Waals surface area (Å²) in [6.07, 6.45) is 3.39. The molecule has 0 N–H and O–H groups in total. The molecule has 1 aromatic heterocycles. The number of halogens is 2. The van der Waals surface area contributed by atoms with Gasteiger partial charge in [-0.15, -0.1) is 0 Å². The van der Waals surface area contributed by atoms with Gasteiger partial charge in [0.1, 0.15) is 24.2 Å². The lowest BCUT2D eigenvalue weighted by Gasteiger charge is -2.39. The summed E-state index contributed by atoms with van der Waals surface area (Å²) in [7, 11) is 0. The van der Waals surface area contributed by atoms with E-state index in [-0.39, 0.29) is 10.8 Å². The molecule has 0 amide bonds. The van der Waals surface area contributed by atoms with Crippen LogP contribution in [0.4, 0.5) is 10.2 Å². The van der Waals surface area contributed by atoms with Crippen molar-refractivity contribution in [3.05, 3.63) is 11.3 Å². The average Bonchev–Trinajstić information content (AvgIpc) is 3.15. The van der Waals surface area contributed by atoms with Gasteiger partial charge in [0.2, 0.25) is 11.2 Å².